The fraction of sp³-hybridized carbons (Fsp3) is 0.370. The first-order valence-electron chi connectivity index (χ1n) is 11.9. The fourth-order valence-electron chi connectivity index (χ4n) is 4.29. The van der Waals surface area contributed by atoms with Crippen LogP contribution in [0.25, 0.3) is 0 Å². The minimum Gasteiger partial charge on any atom is -0.455 e. The molecule has 4 rings (SSSR count). The Bertz CT molecular complexity index is 1080. The van der Waals surface area contributed by atoms with Gasteiger partial charge in [0.1, 0.15) is 5.76 Å². The number of halogens is 3. The molecule has 0 bridgehead atoms. The van der Waals surface area contributed by atoms with Crippen LogP contribution < -0.4 is 5.32 Å². The number of hydrogen-bond donors (Lipinski definition) is 1. The number of hydrogen-bond acceptors (Lipinski definition) is 4. The molecule has 0 spiro atoms. The van der Waals surface area contributed by atoms with Crippen molar-refractivity contribution in [1.29, 1.82) is 0 Å². The van der Waals surface area contributed by atoms with Gasteiger partial charge in [-0.3, -0.25) is 9.69 Å². The lowest BCUT2D eigenvalue weighted by atomic mass is 10.1. The van der Waals surface area contributed by atoms with E-state index in [1.807, 2.05) is 30.3 Å². The zero-order valence-corrected chi connectivity index (χ0v) is 19.6. The van der Waals surface area contributed by atoms with Gasteiger partial charge in [-0.15, -0.1) is 0 Å². The summed E-state index contributed by atoms with van der Waals surface area (Å²) in [4.78, 5) is 16.9. The zero-order chi connectivity index (χ0) is 24.7. The summed E-state index contributed by atoms with van der Waals surface area (Å²) in [5.74, 6) is 0.640. The van der Waals surface area contributed by atoms with Gasteiger partial charge in [-0.2, -0.15) is 13.2 Å². The van der Waals surface area contributed by atoms with Gasteiger partial charge < -0.3 is 14.6 Å². The minimum atomic E-state index is -4.36. The molecule has 35 heavy (non-hydrogen) atoms. The number of likely N-dealkylation sites (tertiary alicyclic amines) is 1. The third-order valence-electron chi connectivity index (χ3n) is 6.11. The molecule has 0 saturated carbocycles. The molecule has 2 heterocycles. The van der Waals surface area contributed by atoms with Gasteiger partial charge in [0.15, 0.2) is 5.76 Å². The van der Waals surface area contributed by atoms with Crippen LogP contribution in [-0.4, -0.2) is 41.9 Å². The third-order valence-corrected chi connectivity index (χ3v) is 6.11. The summed E-state index contributed by atoms with van der Waals surface area (Å²) < 4.78 is 44.6. The predicted octanol–water partition coefficient (Wildman–Crippen LogP) is 5.33. The first kappa shape index (κ1) is 25.0. The van der Waals surface area contributed by atoms with Crippen molar-refractivity contribution in [3.05, 3.63) is 94.9 Å². The van der Waals surface area contributed by atoms with Crippen LogP contribution in [-0.2, 0) is 25.8 Å². The number of amides is 1. The summed E-state index contributed by atoms with van der Waals surface area (Å²) in [5, 5.41) is 2.91. The number of rotatable bonds is 10. The highest BCUT2D eigenvalue weighted by atomic mass is 19.4. The molecule has 186 valence electrons. The molecule has 2 aromatic carbocycles. The molecule has 0 unspecified atom stereocenters. The first-order chi connectivity index (χ1) is 16.9. The van der Waals surface area contributed by atoms with Crippen molar-refractivity contribution in [3.8, 4) is 0 Å². The SMILES string of the molecule is O=C(NCCN1CCCC1)c1ccc(CN(Cc2ccccc2)Cc2ccc(C(F)(F)F)cc2)o1. The molecule has 1 N–H and O–H groups in total. The molecule has 1 saturated heterocycles. The number of alkyl halides is 3. The van der Waals surface area contributed by atoms with E-state index in [-0.39, 0.29) is 11.7 Å². The highest BCUT2D eigenvalue weighted by Gasteiger charge is 2.30. The lowest BCUT2D eigenvalue weighted by molar-refractivity contribution is -0.137. The Morgan fingerprint density at radius 3 is 2.20 bits per heavy atom. The number of nitrogens with zero attached hydrogens (tertiary/aromatic N) is 2. The topological polar surface area (TPSA) is 48.7 Å². The molecule has 8 heteroatoms. The smallest absolute Gasteiger partial charge is 0.416 e. The van der Waals surface area contributed by atoms with E-state index in [4.69, 9.17) is 4.42 Å². The van der Waals surface area contributed by atoms with E-state index >= 15 is 0 Å². The third kappa shape index (κ3) is 7.44. The van der Waals surface area contributed by atoms with Gasteiger partial charge in [-0.1, -0.05) is 42.5 Å². The summed E-state index contributed by atoms with van der Waals surface area (Å²) in [6.07, 6.45) is -1.94. The molecule has 1 aliphatic heterocycles. The molecular weight excluding hydrogens is 455 g/mol. The van der Waals surface area contributed by atoms with Gasteiger partial charge in [0, 0.05) is 26.2 Å². The Hall–Kier alpha value is -3.10. The van der Waals surface area contributed by atoms with Gasteiger partial charge >= 0.3 is 6.18 Å². The van der Waals surface area contributed by atoms with Gasteiger partial charge in [-0.05, 0) is 61.3 Å². The second-order valence-corrected chi connectivity index (χ2v) is 8.90. The quantitative estimate of drug-likeness (QED) is 0.422. The van der Waals surface area contributed by atoms with Crippen molar-refractivity contribution in [2.45, 2.75) is 38.7 Å². The molecule has 1 fully saturated rings. The normalized spacial score (nSPS) is 14.5. The molecule has 5 nitrogen and oxygen atoms in total. The molecule has 0 aliphatic carbocycles. The molecule has 1 amide bonds. The maximum Gasteiger partial charge on any atom is 0.416 e. The van der Waals surface area contributed by atoms with Gasteiger partial charge in [0.05, 0.1) is 12.1 Å². The number of benzene rings is 2. The van der Waals surface area contributed by atoms with Crippen LogP contribution in [0, 0.1) is 0 Å². The van der Waals surface area contributed by atoms with Crippen LogP contribution in [0.4, 0.5) is 13.2 Å². The number of furan rings is 1. The summed E-state index contributed by atoms with van der Waals surface area (Å²) in [6, 6.07) is 18.5. The number of carbonyl (C=O) groups is 1. The van der Waals surface area contributed by atoms with Crippen LogP contribution in [0.3, 0.4) is 0 Å². The summed E-state index contributed by atoms with van der Waals surface area (Å²) in [6.45, 7) is 5.00. The van der Waals surface area contributed by atoms with Crippen LogP contribution >= 0.6 is 0 Å². The average molecular weight is 486 g/mol. The van der Waals surface area contributed by atoms with E-state index in [0.717, 1.165) is 42.9 Å². The first-order valence-corrected chi connectivity index (χ1v) is 11.9. The monoisotopic (exact) mass is 485 g/mol. The van der Waals surface area contributed by atoms with Crippen molar-refractivity contribution in [1.82, 2.24) is 15.1 Å². The Kier molecular flexibility index (Phi) is 8.25. The Balaban J connectivity index is 1.39. The lowest BCUT2D eigenvalue weighted by Crippen LogP contribution is -2.33. The van der Waals surface area contributed by atoms with E-state index in [1.165, 1.54) is 25.0 Å². The number of nitrogens with one attached hydrogen (secondary N) is 1. The van der Waals surface area contributed by atoms with Crippen LogP contribution in [0.1, 0.15) is 45.8 Å². The van der Waals surface area contributed by atoms with Crippen molar-refractivity contribution in [2.24, 2.45) is 0 Å². The van der Waals surface area contributed by atoms with Crippen molar-refractivity contribution in [3.63, 3.8) is 0 Å². The van der Waals surface area contributed by atoms with Gasteiger partial charge in [-0.25, -0.2) is 0 Å². The molecule has 0 atom stereocenters. The molecule has 0 radical (unpaired) electrons. The minimum absolute atomic E-state index is 0.243. The average Bonchev–Trinajstić information content (AvgIpc) is 3.52. The van der Waals surface area contributed by atoms with Crippen LogP contribution in [0.2, 0.25) is 0 Å². The maximum atomic E-state index is 12.9. The largest absolute Gasteiger partial charge is 0.455 e. The summed E-state index contributed by atoms with van der Waals surface area (Å²) >= 11 is 0. The van der Waals surface area contributed by atoms with E-state index in [1.54, 1.807) is 12.1 Å². The standard InChI is InChI=1S/C27H30F3N3O2/c28-27(29,30)23-10-8-22(9-11-23)19-33(18-21-6-2-1-3-7-21)20-24-12-13-25(35-24)26(34)31-14-17-32-15-4-5-16-32/h1-3,6-13H,4-5,14-20H2,(H,31,34). The van der Waals surface area contributed by atoms with E-state index < -0.39 is 11.7 Å². The van der Waals surface area contributed by atoms with Gasteiger partial charge in [0.25, 0.3) is 5.91 Å². The Morgan fingerprint density at radius 1 is 0.886 bits per heavy atom. The highest BCUT2D eigenvalue weighted by molar-refractivity contribution is 5.91. The highest BCUT2D eigenvalue weighted by Crippen LogP contribution is 2.29. The predicted molar refractivity (Wildman–Crippen MR) is 128 cm³/mol. The second-order valence-electron chi connectivity index (χ2n) is 8.90. The summed E-state index contributed by atoms with van der Waals surface area (Å²) in [5.41, 5.74) is 1.17. The van der Waals surface area contributed by atoms with Gasteiger partial charge in [0.2, 0.25) is 0 Å². The van der Waals surface area contributed by atoms with Crippen LogP contribution in [0.15, 0.2) is 71.1 Å². The van der Waals surface area contributed by atoms with E-state index in [0.29, 0.717) is 31.9 Å². The van der Waals surface area contributed by atoms with Crippen molar-refractivity contribution in [2.75, 3.05) is 26.2 Å². The Morgan fingerprint density at radius 2 is 1.54 bits per heavy atom. The zero-order valence-electron chi connectivity index (χ0n) is 19.6. The molecular formula is C27H30F3N3O2. The number of carbonyl (C=O) groups excluding carboxylic acids is 1. The van der Waals surface area contributed by atoms with Crippen molar-refractivity contribution >= 4 is 5.91 Å². The molecule has 3 aromatic rings. The lowest BCUT2D eigenvalue weighted by Gasteiger charge is -2.22. The van der Waals surface area contributed by atoms with E-state index in [9.17, 15) is 18.0 Å². The maximum absolute atomic E-state index is 12.9. The molecule has 1 aromatic heterocycles. The summed E-state index contributed by atoms with van der Waals surface area (Å²) in [7, 11) is 0. The van der Waals surface area contributed by atoms with Crippen molar-refractivity contribution < 1.29 is 22.4 Å². The molecule has 1 aliphatic rings. The Labute approximate surface area is 203 Å². The van der Waals surface area contributed by atoms with E-state index in [2.05, 4.69) is 15.1 Å². The fourth-order valence-corrected chi connectivity index (χ4v) is 4.29. The second kappa shape index (κ2) is 11.6. The van der Waals surface area contributed by atoms with Crippen LogP contribution in [0.5, 0.6) is 0 Å².